The first-order valence-electron chi connectivity index (χ1n) is 8.15. The maximum absolute atomic E-state index is 11.8. The summed E-state index contributed by atoms with van der Waals surface area (Å²) < 4.78 is 0. The molecule has 1 aliphatic heterocycles. The SMILES string of the molecule is CCCCCCCC1=NNC(=O)C1CCCCCC. The van der Waals surface area contributed by atoms with E-state index in [1.54, 1.807) is 0 Å². The highest BCUT2D eigenvalue weighted by Gasteiger charge is 2.28. The monoisotopic (exact) mass is 266 g/mol. The molecule has 3 nitrogen and oxygen atoms in total. The summed E-state index contributed by atoms with van der Waals surface area (Å²) in [4.78, 5) is 11.8. The van der Waals surface area contributed by atoms with Crippen molar-refractivity contribution < 1.29 is 4.79 Å². The predicted molar refractivity (Wildman–Crippen MR) is 81.2 cm³/mol. The molecule has 0 bridgehead atoms. The summed E-state index contributed by atoms with van der Waals surface area (Å²) in [5, 5.41) is 4.23. The number of nitrogens with zero attached hydrogens (tertiary/aromatic N) is 1. The van der Waals surface area contributed by atoms with Crippen molar-refractivity contribution in [3.05, 3.63) is 0 Å². The average molecular weight is 266 g/mol. The number of hydrogen-bond donors (Lipinski definition) is 1. The molecule has 0 saturated carbocycles. The van der Waals surface area contributed by atoms with Gasteiger partial charge in [-0.25, -0.2) is 5.43 Å². The zero-order valence-electron chi connectivity index (χ0n) is 12.7. The summed E-state index contributed by atoms with van der Waals surface area (Å²) in [7, 11) is 0. The molecule has 1 amide bonds. The van der Waals surface area contributed by atoms with Crippen molar-refractivity contribution in [3.63, 3.8) is 0 Å². The van der Waals surface area contributed by atoms with Crippen LogP contribution in [0.4, 0.5) is 0 Å². The van der Waals surface area contributed by atoms with Crippen molar-refractivity contribution in [2.24, 2.45) is 11.0 Å². The molecule has 0 radical (unpaired) electrons. The van der Waals surface area contributed by atoms with Crippen molar-refractivity contribution in [3.8, 4) is 0 Å². The first-order valence-corrected chi connectivity index (χ1v) is 8.15. The summed E-state index contributed by atoms with van der Waals surface area (Å²) >= 11 is 0. The predicted octanol–water partition coefficient (Wildman–Crippen LogP) is 4.42. The third-order valence-electron chi connectivity index (χ3n) is 3.91. The molecule has 1 heterocycles. The van der Waals surface area contributed by atoms with Gasteiger partial charge in [0.1, 0.15) is 0 Å². The van der Waals surface area contributed by atoms with Crippen LogP contribution in [-0.4, -0.2) is 11.6 Å². The summed E-state index contributed by atoms with van der Waals surface area (Å²) in [6, 6.07) is 0. The maximum atomic E-state index is 11.8. The number of rotatable bonds is 11. The van der Waals surface area contributed by atoms with Gasteiger partial charge in [-0.15, -0.1) is 0 Å². The molecule has 110 valence electrons. The van der Waals surface area contributed by atoms with Crippen LogP contribution in [0.1, 0.15) is 84.5 Å². The van der Waals surface area contributed by atoms with Crippen LogP contribution in [0.5, 0.6) is 0 Å². The second-order valence-corrected chi connectivity index (χ2v) is 5.65. The van der Waals surface area contributed by atoms with Crippen molar-refractivity contribution in [2.75, 3.05) is 0 Å². The number of carbonyl (C=O) groups excluding carboxylic acids is 1. The van der Waals surface area contributed by atoms with Gasteiger partial charge in [-0.2, -0.15) is 5.10 Å². The molecule has 0 spiro atoms. The maximum Gasteiger partial charge on any atom is 0.248 e. The molecule has 0 aromatic carbocycles. The molecule has 0 aromatic rings. The number of hydrazone groups is 1. The largest absolute Gasteiger partial charge is 0.272 e. The van der Waals surface area contributed by atoms with E-state index in [0.29, 0.717) is 0 Å². The highest BCUT2D eigenvalue weighted by molar-refractivity contribution is 6.07. The molecule has 1 unspecified atom stereocenters. The van der Waals surface area contributed by atoms with E-state index in [1.165, 1.54) is 51.4 Å². The van der Waals surface area contributed by atoms with E-state index in [9.17, 15) is 4.79 Å². The van der Waals surface area contributed by atoms with E-state index in [-0.39, 0.29) is 11.8 Å². The number of amides is 1. The molecule has 3 heteroatoms. The first kappa shape index (κ1) is 16.2. The third-order valence-corrected chi connectivity index (χ3v) is 3.91. The van der Waals surface area contributed by atoms with Gasteiger partial charge in [0.2, 0.25) is 5.91 Å². The van der Waals surface area contributed by atoms with Gasteiger partial charge < -0.3 is 0 Å². The molecule has 0 aromatic heterocycles. The highest BCUT2D eigenvalue weighted by Crippen LogP contribution is 2.20. The lowest BCUT2D eigenvalue weighted by molar-refractivity contribution is -0.122. The first-order chi connectivity index (χ1) is 9.29. The lowest BCUT2D eigenvalue weighted by Crippen LogP contribution is -2.23. The second kappa shape index (κ2) is 9.99. The minimum absolute atomic E-state index is 0.0723. The molecular formula is C16H30N2O. The molecule has 1 atom stereocenters. The zero-order valence-corrected chi connectivity index (χ0v) is 12.7. The van der Waals surface area contributed by atoms with Crippen molar-refractivity contribution in [1.82, 2.24) is 5.43 Å². The lowest BCUT2D eigenvalue weighted by atomic mass is 9.92. The Balaban J connectivity index is 2.21. The van der Waals surface area contributed by atoms with Gasteiger partial charge in [0.05, 0.1) is 11.6 Å². The van der Waals surface area contributed by atoms with E-state index >= 15 is 0 Å². The summed E-state index contributed by atoms with van der Waals surface area (Å²) in [5.41, 5.74) is 3.77. The van der Waals surface area contributed by atoms with E-state index in [1.807, 2.05) is 0 Å². The fourth-order valence-corrected chi connectivity index (χ4v) is 2.65. The zero-order chi connectivity index (χ0) is 13.9. The van der Waals surface area contributed by atoms with Crippen LogP contribution in [0.3, 0.4) is 0 Å². The minimum atomic E-state index is 0.0723. The van der Waals surface area contributed by atoms with Crippen molar-refractivity contribution >= 4 is 11.6 Å². The van der Waals surface area contributed by atoms with Crippen molar-refractivity contribution in [1.29, 1.82) is 0 Å². The average Bonchev–Trinajstić information content (AvgIpc) is 2.76. The molecule has 0 fully saturated rings. The standard InChI is InChI=1S/C16H30N2O/c1-3-5-7-9-11-13-15-14(16(19)18-17-15)12-10-8-6-4-2/h14H,3-13H2,1-2H3,(H,18,19). The highest BCUT2D eigenvalue weighted by atomic mass is 16.2. The number of nitrogens with one attached hydrogen (secondary N) is 1. The Kier molecular flexibility index (Phi) is 8.52. The molecular weight excluding hydrogens is 236 g/mol. The van der Waals surface area contributed by atoms with Crippen molar-refractivity contribution in [2.45, 2.75) is 84.5 Å². The van der Waals surface area contributed by atoms with Gasteiger partial charge in [-0.3, -0.25) is 4.79 Å². The molecule has 0 saturated heterocycles. The Labute approximate surface area is 118 Å². The normalized spacial score (nSPS) is 18.5. The topological polar surface area (TPSA) is 41.5 Å². The summed E-state index contributed by atoms with van der Waals surface area (Å²) in [6.07, 6.45) is 13.3. The number of hydrogen-bond acceptors (Lipinski definition) is 2. The van der Waals surface area contributed by atoms with E-state index in [2.05, 4.69) is 24.4 Å². The van der Waals surface area contributed by atoms with Crippen LogP contribution in [-0.2, 0) is 4.79 Å². The number of unbranched alkanes of at least 4 members (excludes halogenated alkanes) is 7. The second-order valence-electron chi connectivity index (χ2n) is 5.65. The van der Waals surface area contributed by atoms with Gasteiger partial charge in [-0.1, -0.05) is 65.2 Å². The van der Waals surface area contributed by atoms with Gasteiger partial charge in [0.25, 0.3) is 0 Å². The van der Waals surface area contributed by atoms with Gasteiger partial charge >= 0.3 is 0 Å². The Morgan fingerprint density at radius 1 is 0.947 bits per heavy atom. The third kappa shape index (κ3) is 6.22. The van der Waals surface area contributed by atoms with Gasteiger partial charge in [-0.05, 0) is 19.3 Å². The quantitative estimate of drug-likeness (QED) is 0.553. The Hall–Kier alpha value is -0.860. The smallest absolute Gasteiger partial charge is 0.248 e. The van der Waals surface area contributed by atoms with E-state index in [0.717, 1.165) is 25.0 Å². The van der Waals surface area contributed by atoms with E-state index < -0.39 is 0 Å². The van der Waals surface area contributed by atoms with Crippen LogP contribution in [0.25, 0.3) is 0 Å². The van der Waals surface area contributed by atoms with Gasteiger partial charge in [0, 0.05) is 0 Å². The number of carbonyl (C=O) groups is 1. The molecule has 1 aliphatic rings. The lowest BCUT2D eigenvalue weighted by Gasteiger charge is -2.10. The van der Waals surface area contributed by atoms with E-state index in [4.69, 9.17) is 0 Å². The van der Waals surface area contributed by atoms with Crippen LogP contribution in [0.15, 0.2) is 5.10 Å². The molecule has 19 heavy (non-hydrogen) atoms. The minimum Gasteiger partial charge on any atom is -0.272 e. The summed E-state index contributed by atoms with van der Waals surface area (Å²) in [6.45, 7) is 4.45. The molecule has 1 rings (SSSR count). The van der Waals surface area contributed by atoms with Crippen LogP contribution in [0, 0.1) is 5.92 Å². The summed E-state index contributed by atoms with van der Waals surface area (Å²) in [5.74, 6) is 0.197. The Morgan fingerprint density at radius 3 is 2.26 bits per heavy atom. The fraction of sp³-hybridized carbons (Fsp3) is 0.875. The molecule has 0 aliphatic carbocycles. The Morgan fingerprint density at radius 2 is 1.58 bits per heavy atom. The van der Waals surface area contributed by atoms with Crippen LogP contribution in [0.2, 0.25) is 0 Å². The van der Waals surface area contributed by atoms with Gasteiger partial charge in [0.15, 0.2) is 0 Å². The Bertz CT molecular complexity index is 286. The van der Waals surface area contributed by atoms with Crippen LogP contribution < -0.4 is 5.43 Å². The molecule has 1 N–H and O–H groups in total. The fourth-order valence-electron chi connectivity index (χ4n) is 2.65. The van der Waals surface area contributed by atoms with Crippen LogP contribution >= 0.6 is 0 Å².